The van der Waals surface area contributed by atoms with Gasteiger partial charge in [0.25, 0.3) is 0 Å². The highest BCUT2D eigenvalue weighted by Crippen LogP contribution is 2.23. The fourth-order valence-electron chi connectivity index (χ4n) is 1.88. The molecule has 0 aliphatic heterocycles. The number of nitriles is 1. The second-order valence-electron chi connectivity index (χ2n) is 4.44. The maximum atomic E-state index is 8.97. The molecular formula is C13H16N4OS. The van der Waals surface area contributed by atoms with Gasteiger partial charge in [-0.3, -0.25) is 0 Å². The summed E-state index contributed by atoms with van der Waals surface area (Å²) in [5.74, 6) is 0.943. The SMILES string of the molecule is Cc1nc(C#N)c(NC[C@@H](c2ccsc2)N(C)C)o1. The predicted molar refractivity (Wildman–Crippen MR) is 75.2 cm³/mol. The van der Waals surface area contributed by atoms with Gasteiger partial charge in [-0.15, -0.1) is 0 Å². The smallest absolute Gasteiger partial charge is 0.232 e. The average Bonchev–Trinajstić information content (AvgIpc) is 2.98. The molecule has 2 aromatic rings. The lowest BCUT2D eigenvalue weighted by atomic mass is 10.1. The largest absolute Gasteiger partial charge is 0.424 e. The van der Waals surface area contributed by atoms with Crippen LogP contribution in [0, 0.1) is 18.3 Å². The van der Waals surface area contributed by atoms with Crippen LogP contribution in [0.15, 0.2) is 21.2 Å². The molecule has 2 heterocycles. The topological polar surface area (TPSA) is 65.1 Å². The van der Waals surface area contributed by atoms with Crippen molar-refractivity contribution in [1.29, 1.82) is 5.26 Å². The van der Waals surface area contributed by atoms with Crippen LogP contribution in [0.3, 0.4) is 0 Å². The molecule has 0 radical (unpaired) electrons. The van der Waals surface area contributed by atoms with Crippen LogP contribution in [0.1, 0.15) is 23.2 Å². The number of oxazole rings is 1. The van der Waals surface area contributed by atoms with Crippen LogP contribution in [0.2, 0.25) is 0 Å². The van der Waals surface area contributed by atoms with Crippen LogP contribution in [-0.4, -0.2) is 30.5 Å². The normalized spacial score (nSPS) is 12.4. The van der Waals surface area contributed by atoms with E-state index < -0.39 is 0 Å². The molecule has 0 spiro atoms. The third-order valence-corrected chi connectivity index (χ3v) is 3.55. The molecule has 0 aliphatic carbocycles. The highest BCUT2D eigenvalue weighted by molar-refractivity contribution is 7.07. The Morgan fingerprint density at radius 2 is 2.37 bits per heavy atom. The fraction of sp³-hybridized carbons (Fsp3) is 0.385. The molecule has 100 valence electrons. The molecule has 0 fully saturated rings. The summed E-state index contributed by atoms with van der Waals surface area (Å²) in [5, 5.41) is 16.3. The second kappa shape index (κ2) is 5.87. The number of nitrogens with one attached hydrogen (secondary N) is 1. The maximum absolute atomic E-state index is 8.97. The van der Waals surface area contributed by atoms with Gasteiger partial charge in [-0.05, 0) is 36.5 Å². The molecular weight excluding hydrogens is 260 g/mol. The first-order valence-electron chi connectivity index (χ1n) is 5.91. The van der Waals surface area contributed by atoms with Crippen molar-refractivity contribution in [3.63, 3.8) is 0 Å². The highest BCUT2D eigenvalue weighted by atomic mass is 32.1. The number of rotatable bonds is 5. The zero-order valence-electron chi connectivity index (χ0n) is 11.2. The van der Waals surface area contributed by atoms with Crippen LogP contribution in [0.5, 0.6) is 0 Å². The predicted octanol–water partition coefficient (Wildman–Crippen LogP) is 2.63. The number of anilines is 1. The van der Waals surface area contributed by atoms with Gasteiger partial charge in [0.2, 0.25) is 11.6 Å². The summed E-state index contributed by atoms with van der Waals surface area (Å²) in [7, 11) is 4.06. The standard InChI is InChI=1S/C13H16N4OS/c1-9-16-11(6-14)13(18-9)15-7-12(17(2)3)10-4-5-19-8-10/h4-5,8,12,15H,7H2,1-3H3/t12-/m0/s1. The number of thiophene rings is 1. The quantitative estimate of drug-likeness (QED) is 0.909. The van der Waals surface area contributed by atoms with Gasteiger partial charge in [-0.2, -0.15) is 16.6 Å². The molecule has 0 aliphatic rings. The molecule has 6 heteroatoms. The Bertz CT molecular complexity index is 568. The Balaban J connectivity index is 2.09. The average molecular weight is 276 g/mol. The Kier molecular flexibility index (Phi) is 4.20. The minimum Gasteiger partial charge on any atom is -0.424 e. The molecule has 1 N–H and O–H groups in total. The molecule has 0 saturated heterocycles. The third kappa shape index (κ3) is 3.13. The van der Waals surface area contributed by atoms with E-state index in [0.29, 0.717) is 24.0 Å². The third-order valence-electron chi connectivity index (χ3n) is 2.85. The zero-order chi connectivity index (χ0) is 13.8. The molecule has 2 aromatic heterocycles. The van der Waals surface area contributed by atoms with E-state index in [2.05, 4.69) is 32.0 Å². The van der Waals surface area contributed by atoms with Crippen molar-refractivity contribution in [3.05, 3.63) is 34.0 Å². The van der Waals surface area contributed by atoms with Gasteiger partial charge in [-0.1, -0.05) is 0 Å². The van der Waals surface area contributed by atoms with Gasteiger partial charge in [-0.25, -0.2) is 4.98 Å². The summed E-state index contributed by atoms with van der Waals surface area (Å²) >= 11 is 1.68. The maximum Gasteiger partial charge on any atom is 0.232 e. The number of aryl methyl sites for hydroxylation is 1. The van der Waals surface area contributed by atoms with Crippen molar-refractivity contribution < 1.29 is 4.42 Å². The van der Waals surface area contributed by atoms with Crippen LogP contribution < -0.4 is 5.32 Å². The number of likely N-dealkylation sites (N-methyl/N-ethyl adjacent to an activating group) is 1. The summed E-state index contributed by atoms with van der Waals surface area (Å²) < 4.78 is 5.39. The lowest BCUT2D eigenvalue weighted by Gasteiger charge is -2.23. The Morgan fingerprint density at radius 3 is 2.95 bits per heavy atom. The molecule has 5 nitrogen and oxygen atoms in total. The second-order valence-corrected chi connectivity index (χ2v) is 5.22. The van der Waals surface area contributed by atoms with Crippen molar-refractivity contribution in [2.24, 2.45) is 0 Å². The monoisotopic (exact) mass is 276 g/mol. The summed E-state index contributed by atoms with van der Waals surface area (Å²) in [6.07, 6.45) is 0. The van der Waals surface area contributed by atoms with Crippen molar-refractivity contribution >= 4 is 17.2 Å². The van der Waals surface area contributed by atoms with E-state index in [4.69, 9.17) is 9.68 Å². The summed E-state index contributed by atoms with van der Waals surface area (Å²) in [4.78, 5) is 6.14. The molecule has 1 atom stereocenters. The molecule has 0 bridgehead atoms. The van der Waals surface area contributed by atoms with Crippen molar-refractivity contribution in [2.45, 2.75) is 13.0 Å². The molecule has 0 unspecified atom stereocenters. The van der Waals surface area contributed by atoms with Crippen molar-refractivity contribution in [3.8, 4) is 6.07 Å². The van der Waals surface area contributed by atoms with Crippen LogP contribution in [0.4, 0.5) is 5.88 Å². The van der Waals surface area contributed by atoms with E-state index in [0.717, 1.165) is 0 Å². The van der Waals surface area contributed by atoms with E-state index in [1.807, 2.05) is 20.2 Å². The van der Waals surface area contributed by atoms with Crippen LogP contribution in [0.25, 0.3) is 0 Å². The van der Waals surface area contributed by atoms with Gasteiger partial charge >= 0.3 is 0 Å². The number of aromatic nitrogens is 1. The molecule has 0 saturated carbocycles. The molecule has 0 aromatic carbocycles. The van der Waals surface area contributed by atoms with Gasteiger partial charge in [0.15, 0.2) is 5.89 Å². The Labute approximate surface area is 116 Å². The Hall–Kier alpha value is -1.84. The van der Waals surface area contributed by atoms with Crippen LogP contribution >= 0.6 is 11.3 Å². The lowest BCUT2D eigenvalue weighted by Crippen LogP contribution is -2.26. The van der Waals surface area contributed by atoms with E-state index in [1.54, 1.807) is 18.3 Å². The molecule has 2 rings (SSSR count). The van der Waals surface area contributed by atoms with E-state index in [-0.39, 0.29) is 6.04 Å². The number of hydrogen-bond acceptors (Lipinski definition) is 6. The van der Waals surface area contributed by atoms with Gasteiger partial charge < -0.3 is 14.6 Å². The molecule has 19 heavy (non-hydrogen) atoms. The van der Waals surface area contributed by atoms with Crippen LogP contribution in [-0.2, 0) is 0 Å². The first-order valence-corrected chi connectivity index (χ1v) is 6.86. The zero-order valence-corrected chi connectivity index (χ0v) is 12.0. The van der Waals surface area contributed by atoms with Gasteiger partial charge in [0.05, 0.1) is 6.04 Å². The minimum atomic E-state index is 0.225. The Morgan fingerprint density at radius 1 is 1.58 bits per heavy atom. The van der Waals surface area contributed by atoms with Crippen molar-refractivity contribution in [1.82, 2.24) is 9.88 Å². The lowest BCUT2D eigenvalue weighted by molar-refractivity contribution is 0.311. The first-order chi connectivity index (χ1) is 9.11. The summed E-state index contributed by atoms with van der Waals surface area (Å²) in [5.41, 5.74) is 1.55. The minimum absolute atomic E-state index is 0.225. The summed E-state index contributed by atoms with van der Waals surface area (Å²) in [6.45, 7) is 2.39. The van der Waals surface area contributed by atoms with E-state index in [9.17, 15) is 0 Å². The van der Waals surface area contributed by atoms with Gasteiger partial charge in [0, 0.05) is 13.5 Å². The first kappa shape index (κ1) is 13.6. The summed E-state index contributed by atoms with van der Waals surface area (Å²) in [6, 6.07) is 4.36. The van der Waals surface area contributed by atoms with Gasteiger partial charge in [0.1, 0.15) is 6.07 Å². The van der Waals surface area contributed by atoms with E-state index in [1.165, 1.54) is 5.56 Å². The van der Waals surface area contributed by atoms with Crippen molar-refractivity contribution in [2.75, 3.05) is 26.0 Å². The highest BCUT2D eigenvalue weighted by Gasteiger charge is 2.17. The number of nitrogens with zero attached hydrogens (tertiary/aromatic N) is 3. The molecule has 0 amide bonds. The number of hydrogen-bond donors (Lipinski definition) is 1. The van der Waals surface area contributed by atoms with E-state index >= 15 is 0 Å². The fourth-order valence-corrected chi connectivity index (χ4v) is 2.58.